The molecule has 0 aliphatic carbocycles. The number of carbonyl (C=O) groups is 1. The van der Waals surface area contributed by atoms with Gasteiger partial charge >= 0.3 is 5.97 Å². The summed E-state index contributed by atoms with van der Waals surface area (Å²) in [6.07, 6.45) is 1.59. The van der Waals surface area contributed by atoms with E-state index in [1.807, 2.05) is 0 Å². The summed E-state index contributed by atoms with van der Waals surface area (Å²) in [7, 11) is 0.253. The van der Waals surface area contributed by atoms with Crippen molar-refractivity contribution >= 4 is 25.4 Å². The van der Waals surface area contributed by atoms with Gasteiger partial charge in [0.15, 0.2) is 5.69 Å². The number of nitrogens with one attached hydrogen (secondary N) is 2. The maximum atomic E-state index is 11.5. The van der Waals surface area contributed by atoms with Crippen LogP contribution in [-0.2, 0) is 9.47 Å². The average molecular weight is 310 g/mol. The molecule has 8 heteroatoms. The lowest BCUT2D eigenvalue weighted by molar-refractivity contribution is 0.0594. The maximum Gasteiger partial charge on any atom is 0.356 e. The van der Waals surface area contributed by atoms with Gasteiger partial charge in [0.05, 0.1) is 24.7 Å². The van der Waals surface area contributed by atoms with Crippen LogP contribution in [0.3, 0.4) is 0 Å². The quantitative estimate of drug-likeness (QED) is 0.471. The highest BCUT2D eigenvalue weighted by molar-refractivity contribution is 6.76. The summed E-state index contributed by atoms with van der Waals surface area (Å²) < 4.78 is 10.4. The highest BCUT2D eigenvalue weighted by Crippen LogP contribution is 2.28. The second-order valence-electron chi connectivity index (χ2n) is 6.09. The SMILES string of the molecule is COC(=O)c1cc2c(cn1)NNN2COCC[Si](C)(C)C. The van der Waals surface area contributed by atoms with Gasteiger partial charge in [-0.15, -0.1) is 5.53 Å². The number of ether oxygens (including phenoxy) is 2. The van der Waals surface area contributed by atoms with Gasteiger partial charge in [0.1, 0.15) is 6.73 Å². The minimum Gasteiger partial charge on any atom is -0.464 e. The Balaban J connectivity index is 1.95. The predicted octanol–water partition coefficient (Wildman–Crippen LogP) is 1.83. The molecule has 0 unspecified atom stereocenters. The van der Waals surface area contributed by atoms with Crippen LogP contribution in [0, 0.1) is 0 Å². The van der Waals surface area contributed by atoms with E-state index in [2.05, 4.69) is 40.3 Å². The van der Waals surface area contributed by atoms with Crippen LogP contribution in [0.15, 0.2) is 12.3 Å². The van der Waals surface area contributed by atoms with Gasteiger partial charge in [-0.25, -0.2) is 9.78 Å². The number of nitrogens with zero attached hydrogens (tertiary/aromatic N) is 2. The van der Waals surface area contributed by atoms with Gasteiger partial charge in [-0.3, -0.25) is 5.01 Å². The Kier molecular flexibility index (Phi) is 4.81. The Labute approximate surface area is 125 Å². The fourth-order valence-corrected chi connectivity index (χ4v) is 2.56. The molecule has 0 saturated heterocycles. The molecule has 7 nitrogen and oxygen atoms in total. The normalized spacial score (nSPS) is 13.8. The molecule has 21 heavy (non-hydrogen) atoms. The molecule has 2 heterocycles. The Bertz CT molecular complexity index is 519. The van der Waals surface area contributed by atoms with Crippen LogP contribution in [0.25, 0.3) is 0 Å². The van der Waals surface area contributed by atoms with Gasteiger partial charge in [0, 0.05) is 14.7 Å². The Morgan fingerprint density at radius 2 is 2.19 bits per heavy atom. The molecule has 0 radical (unpaired) electrons. The first kappa shape index (κ1) is 15.7. The average Bonchev–Trinajstić information content (AvgIpc) is 2.84. The molecular formula is C13H22N4O3Si. The first-order valence-electron chi connectivity index (χ1n) is 6.86. The third kappa shape index (κ3) is 4.16. The van der Waals surface area contributed by atoms with Crippen molar-refractivity contribution in [1.29, 1.82) is 0 Å². The summed E-state index contributed by atoms with van der Waals surface area (Å²) in [5.41, 5.74) is 7.86. The molecule has 1 aliphatic heterocycles. The number of carbonyl (C=O) groups excluding carboxylic acids is 1. The van der Waals surface area contributed by atoms with Crippen LogP contribution in [0.1, 0.15) is 10.5 Å². The molecule has 1 aliphatic rings. The molecule has 2 rings (SSSR count). The Morgan fingerprint density at radius 3 is 2.86 bits per heavy atom. The van der Waals surface area contributed by atoms with E-state index >= 15 is 0 Å². The van der Waals surface area contributed by atoms with E-state index in [9.17, 15) is 4.79 Å². The minimum absolute atomic E-state index is 0.272. The van der Waals surface area contributed by atoms with E-state index in [0.29, 0.717) is 6.73 Å². The molecule has 0 saturated carbocycles. The van der Waals surface area contributed by atoms with Gasteiger partial charge in [0.2, 0.25) is 0 Å². The molecule has 0 bridgehead atoms. The number of rotatable bonds is 6. The minimum atomic E-state index is -1.09. The van der Waals surface area contributed by atoms with Crippen LogP contribution in [-0.4, -0.2) is 39.5 Å². The van der Waals surface area contributed by atoms with Crippen molar-refractivity contribution < 1.29 is 14.3 Å². The zero-order chi connectivity index (χ0) is 15.5. The standard InChI is InChI=1S/C13H22N4O3Si/c1-19-13(18)10-7-12-11(8-14-10)15-16-17(12)9-20-5-6-21(2,3)4/h7-8,15-16H,5-6,9H2,1-4H3. The summed E-state index contributed by atoms with van der Waals surface area (Å²) in [5.74, 6) is -0.454. The number of fused-ring (bicyclic) bond motifs is 1. The second kappa shape index (κ2) is 6.42. The number of anilines is 2. The van der Waals surface area contributed by atoms with E-state index < -0.39 is 14.0 Å². The third-order valence-electron chi connectivity index (χ3n) is 3.11. The van der Waals surface area contributed by atoms with E-state index in [1.54, 1.807) is 17.3 Å². The maximum absolute atomic E-state index is 11.5. The fraction of sp³-hybridized carbons (Fsp3) is 0.538. The summed E-state index contributed by atoms with van der Waals surface area (Å²) in [4.78, 5) is 15.6. The number of pyridine rings is 1. The number of hydrogen-bond donors (Lipinski definition) is 2. The zero-order valence-electron chi connectivity index (χ0n) is 12.9. The highest BCUT2D eigenvalue weighted by atomic mass is 28.3. The first-order chi connectivity index (χ1) is 9.90. The molecule has 1 aromatic heterocycles. The first-order valence-corrected chi connectivity index (χ1v) is 10.6. The summed E-state index contributed by atoms with van der Waals surface area (Å²) in [5, 5.41) is 1.80. The lowest BCUT2D eigenvalue weighted by Crippen LogP contribution is -2.38. The molecule has 0 atom stereocenters. The van der Waals surface area contributed by atoms with Crippen molar-refractivity contribution in [3.8, 4) is 0 Å². The van der Waals surface area contributed by atoms with Crippen molar-refractivity contribution in [1.82, 2.24) is 10.5 Å². The molecule has 0 spiro atoms. The fourth-order valence-electron chi connectivity index (χ4n) is 1.80. The predicted molar refractivity (Wildman–Crippen MR) is 83.8 cm³/mol. The zero-order valence-corrected chi connectivity index (χ0v) is 13.9. The summed E-state index contributed by atoms with van der Waals surface area (Å²) in [6, 6.07) is 2.79. The molecule has 0 aromatic carbocycles. The van der Waals surface area contributed by atoms with Crippen LogP contribution < -0.4 is 16.0 Å². The Hall–Kier alpha value is -1.64. The second-order valence-corrected chi connectivity index (χ2v) is 11.7. The smallest absolute Gasteiger partial charge is 0.356 e. The monoisotopic (exact) mass is 310 g/mol. The molecule has 0 amide bonds. The highest BCUT2D eigenvalue weighted by Gasteiger charge is 2.22. The number of methoxy groups -OCH3 is 1. The lowest BCUT2D eigenvalue weighted by atomic mass is 10.3. The number of hydrazine groups is 2. The Morgan fingerprint density at radius 1 is 1.43 bits per heavy atom. The van der Waals surface area contributed by atoms with Gasteiger partial charge in [-0.2, -0.15) is 0 Å². The van der Waals surface area contributed by atoms with Crippen molar-refractivity contribution in [3.05, 3.63) is 18.0 Å². The molecule has 0 fully saturated rings. The molecule has 1 aromatic rings. The summed E-state index contributed by atoms with van der Waals surface area (Å²) >= 11 is 0. The number of esters is 1. The lowest BCUT2D eigenvalue weighted by Gasteiger charge is -2.20. The van der Waals surface area contributed by atoms with Gasteiger partial charge < -0.3 is 14.9 Å². The summed E-state index contributed by atoms with van der Waals surface area (Å²) in [6.45, 7) is 8.08. The van der Waals surface area contributed by atoms with Gasteiger partial charge in [0.25, 0.3) is 0 Å². The van der Waals surface area contributed by atoms with Crippen molar-refractivity contribution in [2.24, 2.45) is 0 Å². The number of aromatic nitrogens is 1. The van der Waals surface area contributed by atoms with E-state index in [1.165, 1.54) is 7.11 Å². The van der Waals surface area contributed by atoms with E-state index in [-0.39, 0.29) is 5.69 Å². The molecule has 116 valence electrons. The van der Waals surface area contributed by atoms with Crippen LogP contribution in [0.5, 0.6) is 0 Å². The molecular weight excluding hydrogens is 288 g/mol. The van der Waals surface area contributed by atoms with E-state index in [0.717, 1.165) is 24.0 Å². The van der Waals surface area contributed by atoms with Gasteiger partial charge in [-0.1, -0.05) is 19.6 Å². The van der Waals surface area contributed by atoms with Crippen LogP contribution in [0.4, 0.5) is 11.4 Å². The number of hydrogen-bond acceptors (Lipinski definition) is 7. The largest absolute Gasteiger partial charge is 0.464 e. The van der Waals surface area contributed by atoms with Crippen molar-refractivity contribution in [3.63, 3.8) is 0 Å². The van der Waals surface area contributed by atoms with Gasteiger partial charge in [-0.05, 0) is 12.1 Å². The topological polar surface area (TPSA) is 75.7 Å². The van der Waals surface area contributed by atoms with Crippen LogP contribution >= 0.6 is 0 Å². The third-order valence-corrected chi connectivity index (χ3v) is 4.81. The van der Waals surface area contributed by atoms with Crippen molar-refractivity contribution in [2.45, 2.75) is 25.7 Å². The van der Waals surface area contributed by atoms with Crippen LogP contribution in [0.2, 0.25) is 25.7 Å². The van der Waals surface area contributed by atoms with Crippen molar-refractivity contribution in [2.75, 3.05) is 30.9 Å². The molecule has 2 N–H and O–H groups in total. The van der Waals surface area contributed by atoms with E-state index in [4.69, 9.17) is 4.74 Å².